The first-order valence-corrected chi connectivity index (χ1v) is 8.58. The molecule has 0 saturated heterocycles. The second-order valence-electron chi connectivity index (χ2n) is 6.09. The van der Waals surface area contributed by atoms with Crippen LogP contribution in [0.4, 0.5) is 0 Å². The van der Waals surface area contributed by atoms with Crippen molar-refractivity contribution in [1.82, 2.24) is 10.3 Å². The molecule has 1 aliphatic carbocycles. The fourth-order valence-corrected chi connectivity index (χ4v) is 4.28. The Balaban J connectivity index is 1.54. The quantitative estimate of drug-likeness (QED) is 0.905. The first-order valence-electron chi connectivity index (χ1n) is 7.60. The largest absolute Gasteiger partial charge is 0.359 e. The van der Waals surface area contributed by atoms with Crippen molar-refractivity contribution in [2.45, 2.75) is 45.6 Å². The lowest BCUT2D eigenvalue weighted by Gasteiger charge is -2.38. The van der Waals surface area contributed by atoms with Crippen molar-refractivity contribution in [2.75, 3.05) is 12.3 Å². The summed E-state index contributed by atoms with van der Waals surface area (Å²) in [6, 6.07) is 6.16. The van der Waals surface area contributed by atoms with Crippen LogP contribution in [0.15, 0.2) is 23.2 Å². The Morgan fingerprint density at radius 3 is 2.80 bits per heavy atom. The molecule has 4 heteroatoms. The fourth-order valence-electron chi connectivity index (χ4n) is 3.13. The minimum atomic E-state index is 0.510. The Kier molecular flexibility index (Phi) is 4.29. The molecule has 3 nitrogen and oxygen atoms in total. The number of nitrogens with zero attached hydrogens (tertiary/aromatic N) is 2. The molecule has 1 aliphatic heterocycles. The third kappa shape index (κ3) is 3.35. The molecule has 20 heavy (non-hydrogen) atoms. The molecule has 1 spiro atoms. The van der Waals surface area contributed by atoms with Crippen LogP contribution in [0.1, 0.15) is 43.5 Å². The number of aliphatic imine (C=N–C) groups is 1. The molecule has 108 valence electrons. The minimum absolute atomic E-state index is 0.510. The number of thioether (sulfide) groups is 1. The minimum Gasteiger partial charge on any atom is -0.359 e. The van der Waals surface area contributed by atoms with Gasteiger partial charge in [-0.1, -0.05) is 37.1 Å². The summed E-state index contributed by atoms with van der Waals surface area (Å²) in [5.41, 5.74) is 2.67. The van der Waals surface area contributed by atoms with Gasteiger partial charge in [0.2, 0.25) is 0 Å². The summed E-state index contributed by atoms with van der Waals surface area (Å²) in [4.78, 5) is 9.30. The monoisotopic (exact) mass is 289 g/mol. The van der Waals surface area contributed by atoms with Crippen LogP contribution < -0.4 is 5.32 Å². The van der Waals surface area contributed by atoms with Gasteiger partial charge in [-0.25, -0.2) is 0 Å². The van der Waals surface area contributed by atoms with Crippen LogP contribution in [0.5, 0.6) is 0 Å². The van der Waals surface area contributed by atoms with Gasteiger partial charge in [0, 0.05) is 18.0 Å². The molecule has 1 N–H and O–H groups in total. The number of hydrogen-bond acceptors (Lipinski definition) is 4. The van der Waals surface area contributed by atoms with Gasteiger partial charge in [0.05, 0.1) is 12.2 Å². The van der Waals surface area contributed by atoms with Crippen molar-refractivity contribution < 1.29 is 0 Å². The maximum absolute atomic E-state index is 4.78. The Morgan fingerprint density at radius 2 is 2.10 bits per heavy atom. The molecule has 1 fully saturated rings. The van der Waals surface area contributed by atoms with Gasteiger partial charge in [0.15, 0.2) is 5.17 Å². The Labute approximate surface area is 125 Å². The normalized spacial score (nSPS) is 21.6. The van der Waals surface area contributed by atoms with E-state index in [0.29, 0.717) is 5.41 Å². The Morgan fingerprint density at radius 1 is 1.25 bits per heavy atom. The number of hydrogen-bond donors (Lipinski definition) is 1. The highest BCUT2D eigenvalue weighted by Crippen LogP contribution is 2.41. The average molecular weight is 289 g/mol. The summed E-state index contributed by atoms with van der Waals surface area (Å²) in [7, 11) is 0. The van der Waals surface area contributed by atoms with Crippen molar-refractivity contribution in [3.05, 3.63) is 29.6 Å². The molecule has 3 rings (SSSR count). The van der Waals surface area contributed by atoms with E-state index >= 15 is 0 Å². The SMILES string of the molecule is Cc1cccc(CNC2=NCC3(CCCCC3)CS2)n1. The van der Waals surface area contributed by atoms with Crippen LogP contribution in [0.25, 0.3) is 0 Å². The highest BCUT2D eigenvalue weighted by molar-refractivity contribution is 8.13. The van der Waals surface area contributed by atoms with E-state index in [2.05, 4.69) is 22.4 Å². The van der Waals surface area contributed by atoms with Gasteiger partial charge in [-0.3, -0.25) is 9.98 Å². The van der Waals surface area contributed by atoms with E-state index in [4.69, 9.17) is 4.99 Å². The molecule has 0 atom stereocenters. The topological polar surface area (TPSA) is 37.3 Å². The smallest absolute Gasteiger partial charge is 0.156 e. The lowest BCUT2D eigenvalue weighted by Crippen LogP contribution is -2.36. The van der Waals surface area contributed by atoms with Crippen LogP contribution in [-0.2, 0) is 6.54 Å². The molecule has 0 unspecified atom stereocenters. The first-order chi connectivity index (χ1) is 9.76. The zero-order valence-electron chi connectivity index (χ0n) is 12.2. The second kappa shape index (κ2) is 6.17. The number of aromatic nitrogens is 1. The molecule has 2 heterocycles. The third-order valence-electron chi connectivity index (χ3n) is 4.35. The second-order valence-corrected chi connectivity index (χ2v) is 7.06. The third-order valence-corrected chi connectivity index (χ3v) is 5.66. The summed E-state index contributed by atoms with van der Waals surface area (Å²) in [5, 5.41) is 4.54. The number of amidine groups is 1. The van der Waals surface area contributed by atoms with Gasteiger partial charge in [-0.2, -0.15) is 0 Å². The van der Waals surface area contributed by atoms with Crippen molar-refractivity contribution >= 4 is 16.9 Å². The molecule has 0 radical (unpaired) electrons. The van der Waals surface area contributed by atoms with Crippen molar-refractivity contribution in [1.29, 1.82) is 0 Å². The summed E-state index contributed by atoms with van der Waals surface area (Å²) < 4.78 is 0. The molecule has 0 bridgehead atoms. The standard InChI is InChI=1S/C16H23N3S/c1-13-6-5-7-14(19-13)10-17-15-18-11-16(12-20-15)8-3-2-4-9-16/h5-7H,2-4,8-12H2,1H3,(H,17,18). The molecule has 1 aromatic heterocycles. The summed E-state index contributed by atoms with van der Waals surface area (Å²) in [6.07, 6.45) is 6.95. The predicted molar refractivity (Wildman–Crippen MR) is 86.1 cm³/mol. The molecular weight excluding hydrogens is 266 g/mol. The van der Waals surface area contributed by atoms with Crippen LogP contribution in [0, 0.1) is 12.3 Å². The molecule has 0 amide bonds. The van der Waals surface area contributed by atoms with Crippen molar-refractivity contribution in [2.24, 2.45) is 10.4 Å². The van der Waals surface area contributed by atoms with E-state index in [1.165, 1.54) is 37.9 Å². The van der Waals surface area contributed by atoms with Gasteiger partial charge in [0.1, 0.15) is 0 Å². The van der Waals surface area contributed by atoms with E-state index in [9.17, 15) is 0 Å². The molecular formula is C16H23N3S. The lowest BCUT2D eigenvalue weighted by atomic mass is 9.75. The Bertz CT molecular complexity index is 492. The van der Waals surface area contributed by atoms with Crippen LogP contribution >= 0.6 is 11.8 Å². The summed E-state index contributed by atoms with van der Waals surface area (Å²) >= 11 is 1.90. The van der Waals surface area contributed by atoms with Gasteiger partial charge in [0.25, 0.3) is 0 Å². The van der Waals surface area contributed by atoms with E-state index < -0.39 is 0 Å². The number of pyridine rings is 1. The maximum atomic E-state index is 4.78. The molecule has 1 saturated carbocycles. The van der Waals surface area contributed by atoms with Crippen LogP contribution in [-0.4, -0.2) is 22.4 Å². The fraction of sp³-hybridized carbons (Fsp3) is 0.625. The molecule has 1 aromatic rings. The first kappa shape index (κ1) is 13.9. The van der Waals surface area contributed by atoms with Gasteiger partial charge >= 0.3 is 0 Å². The Hall–Kier alpha value is -1.03. The molecule has 2 aliphatic rings. The maximum Gasteiger partial charge on any atom is 0.156 e. The number of rotatable bonds is 2. The highest BCUT2D eigenvalue weighted by atomic mass is 32.2. The molecule has 0 aromatic carbocycles. The average Bonchev–Trinajstić information content (AvgIpc) is 2.48. The zero-order chi connectivity index (χ0) is 13.8. The highest BCUT2D eigenvalue weighted by Gasteiger charge is 2.34. The van der Waals surface area contributed by atoms with Crippen molar-refractivity contribution in [3.8, 4) is 0 Å². The van der Waals surface area contributed by atoms with Crippen molar-refractivity contribution in [3.63, 3.8) is 0 Å². The van der Waals surface area contributed by atoms with E-state index in [-0.39, 0.29) is 0 Å². The summed E-state index contributed by atoms with van der Waals surface area (Å²) in [5.74, 6) is 1.24. The van der Waals surface area contributed by atoms with E-state index in [1.54, 1.807) is 0 Å². The van der Waals surface area contributed by atoms with Gasteiger partial charge < -0.3 is 5.32 Å². The van der Waals surface area contributed by atoms with E-state index in [0.717, 1.165) is 29.6 Å². The summed E-state index contributed by atoms with van der Waals surface area (Å²) in [6.45, 7) is 3.83. The lowest BCUT2D eigenvalue weighted by molar-refractivity contribution is 0.232. The van der Waals surface area contributed by atoms with Gasteiger partial charge in [-0.15, -0.1) is 0 Å². The predicted octanol–water partition coefficient (Wildman–Crippen LogP) is 3.53. The van der Waals surface area contributed by atoms with Gasteiger partial charge in [-0.05, 0) is 37.3 Å². The number of nitrogens with one attached hydrogen (secondary N) is 1. The zero-order valence-corrected chi connectivity index (χ0v) is 13.0. The van der Waals surface area contributed by atoms with Crippen LogP contribution in [0.2, 0.25) is 0 Å². The number of aryl methyl sites for hydroxylation is 1. The van der Waals surface area contributed by atoms with Crippen LogP contribution in [0.3, 0.4) is 0 Å². The van der Waals surface area contributed by atoms with E-state index in [1.807, 2.05) is 24.8 Å².